The van der Waals surface area contributed by atoms with E-state index in [4.69, 9.17) is 0 Å². The van der Waals surface area contributed by atoms with Crippen LogP contribution in [0.25, 0.3) is 0 Å². The summed E-state index contributed by atoms with van der Waals surface area (Å²) in [4.78, 5) is 0. The number of allylic oxidation sites excluding steroid dienone is 2. The lowest BCUT2D eigenvalue weighted by Gasteiger charge is -2.26. The van der Waals surface area contributed by atoms with Crippen LogP contribution in [0.4, 0.5) is 0 Å². The number of rotatable bonds is 2. The minimum Gasteiger partial charge on any atom is -0.379 e. The quantitative estimate of drug-likeness (QED) is 0.705. The van der Waals surface area contributed by atoms with Gasteiger partial charge in [0.2, 0.25) is 0 Å². The molecular formula is C13H23N. The number of hydrogen-bond donors (Lipinski definition) is 1. The second-order valence-electron chi connectivity index (χ2n) is 3.85. The van der Waals surface area contributed by atoms with Crippen LogP contribution in [0, 0.1) is 5.92 Å². The first-order valence-corrected chi connectivity index (χ1v) is 5.30. The average molecular weight is 193 g/mol. The molecule has 0 bridgehead atoms. The number of hydrogen-bond acceptors (Lipinski definition) is 1. The Morgan fingerprint density at radius 1 is 1.21 bits per heavy atom. The molecule has 1 nitrogen and oxygen atoms in total. The van der Waals surface area contributed by atoms with Crippen molar-refractivity contribution in [2.24, 2.45) is 5.92 Å². The lowest BCUT2D eigenvalue weighted by atomic mass is 9.87. The summed E-state index contributed by atoms with van der Waals surface area (Å²) in [5, 5.41) is 3.42. The topological polar surface area (TPSA) is 12.0 Å². The Morgan fingerprint density at radius 2 is 1.71 bits per heavy atom. The molecule has 0 aliphatic carbocycles. The molecule has 0 radical (unpaired) electrons. The van der Waals surface area contributed by atoms with E-state index >= 15 is 0 Å². The van der Waals surface area contributed by atoms with Crippen LogP contribution in [0.5, 0.6) is 0 Å². The summed E-state index contributed by atoms with van der Waals surface area (Å²) in [5.41, 5.74) is 2.53. The zero-order chi connectivity index (χ0) is 11.4. The second-order valence-corrected chi connectivity index (χ2v) is 3.85. The first-order valence-electron chi connectivity index (χ1n) is 5.30. The third kappa shape index (κ3) is 2.28. The first kappa shape index (κ1) is 13.0. The average Bonchev–Trinajstić information content (AvgIpc) is 2.41. The summed E-state index contributed by atoms with van der Waals surface area (Å²) < 4.78 is 0. The third-order valence-electron chi connectivity index (χ3n) is 2.74. The molecule has 0 aromatic carbocycles. The predicted octanol–water partition coefficient (Wildman–Crippen LogP) is 3.66. The molecule has 1 rings (SSSR count). The van der Waals surface area contributed by atoms with E-state index in [2.05, 4.69) is 39.2 Å². The molecule has 1 aliphatic heterocycles. The maximum absolute atomic E-state index is 3.81. The van der Waals surface area contributed by atoms with Crippen molar-refractivity contribution < 1.29 is 0 Å². The summed E-state index contributed by atoms with van der Waals surface area (Å²) in [6, 6.07) is 0. The summed E-state index contributed by atoms with van der Waals surface area (Å²) in [5.74, 6) is 0.503. The fourth-order valence-electron chi connectivity index (χ4n) is 1.61. The highest BCUT2D eigenvalue weighted by Crippen LogP contribution is 2.33. The molecule has 1 N–H and O–H groups in total. The Hall–Kier alpha value is -0.980. The first-order chi connectivity index (χ1) is 6.53. The Bertz CT molecular complexity index is 246. The lowest BCUT2D eigenvalue weighted by Crippen LogP contribution is -2.38. The molecule has 0 fully saturated rings. The largest absolute Gasteiger partial charge is 0.379 e. The van der Waals surface area contributed by atoms with Crippen molar-refractivity contribution in [3.63, 3.8) is 0 Å². The van der Waals surface area contributed by atoms with Crippen LogP contribution < -0.4 is 5.32 Å². The zero-order valence-corrected chi connectivity index (χ0v) is 10.1. The van der Waals surface area contributed by atoms with Crippen LogP contribution >= 0.6 is 0 Å². The van der Waals surface area contributed by atoms with Gasteiger partial charge in [-0.3, -0.25) is 0 Å². The standard InChI is InChI=1S/C11H17N.C2H6/c1-6-9-8(3)11(4,5)12-10(9)7-2;1-2/h6-8,12H,1-2H2,3-5H3;1-2H3. The molecule has 0 aromatic rings. The van der Waals surface area contributed by atoms with Gasteiger partial charge in [-0.05, 0) is 25.5 Å². The molecule has 1 aliphatic rings. The van der Waals surface area contributed by atoms with Gasteiger partial charge in [-0.2, -0.15) is 0 Å². The van der Waals surface area contributed by atoms with Crippen molar-refractivity contribution in [2.45, 2.75) is 40.2 Å². The predicted molar refractivity (Wildman–Crippen MR) is 65.1 cm³/mol. The lowest BCUT2D eigenvalue weighted by molar-refractivity contribution is 0.371. The van der Waals surface area contributed by atoms with Crippen LogP contribution in [-0.2, 0) is 0 Å². The van der Waals surface area contributed by atoms with Crippen molar-refractivity contribution in [1.29, 1.82) is 0 Å². The molecule has 0 saturated heterocycles. The maximum Gasteiger partial charge on any atom is 0.0384 e. The van der Waals surface area contributed by atoms with Gasteiger partial charge in [0.1, 0.15) is 0 Å². The van der Waals surface area contributed by atoms with E-state index in [1.165, 1.54) is 5.57 Å². The van der Waals surface area contributed by atoms with Crippen molar-refractivity contribution in [3.05, 3.63) is 36.6 Å². The van der Waals surface area contributed by atoms with Gasteiger partial charge in [0, 0.05) is 17.2 Å². The van der Waals surface area contributed by atoms with Gasteiger partial charge in [-0.25, -0.2) is 0 Å². The van der Waals surface area contributed by atoms with Gasteiger partial charge in [0.05, 0.1) is 0 Å². The van der Waals surface area contributed by atoms with Gasteiger partial charge < -0.3 is 5.32 Å². The normalized spacial score (nSPS) is 23.4. The highest BCUT2D eigenvalue weighted by Gasteiger charge is 2.34. The fraction of sp³-hybridized carbons (Fsp3) is 0.538. The van der Waals surface area contributed by atoms with Crippen LogP contribution in [0.3, 0.4) is 0 Å². The summed E-state index contributed by atoms with van der Waals surface area (Å²) in [7, 11) is 0. The van der Waals surface area contributed by atoms with Gasteiger partial charge in [-0.1, -0.05) is 40.0 Å². The molecule has 80 valence electrons. The Kier molecular flexibility index (Phi) is 4.69. The molecule has 0 saturated carbocycles. The summed E-state index contributed by atoms with van der Waals surface area (Å²) >= 11 is 0. The van der Waals surface area contributed by atoms with Gasteiger partial charge in [-0.15, -0.1) is 0 Å². The summed E-state index contributed by atoms with van der Waals surface area (Å²) in [6.07, 6.45) is 3.78. The van der Waals surface area contributed by atoms with Gasteiger partial charge >= 0.3 is 0 Å². The van der Waals surface area contributed by atoms with Crippen molar-refractivity contribution in [2.75, 3.05) is 0 Å². The van der Waals surface area contributed by atoms with E-state index < -0.39 is 0 Å². The van der Waals surface area contributed by atoms with E-state index in [1.807, 2.05) is 26.0 Å². The molecule has 1 unspecified atom stereocenters. The highest BCUT2D eigenvalue weighted by molar-refractivity contribution is 5.39. The SMILES string of the molecule is C=CC1=C(C=C)C(C)C(C)(C)N1.CC. The van der Waals surface area contributed by atoms with E-state index in [9.17, 15) is 0 Å². The Morgan fingerprint density at radius 3 is 2.00 bits per heavy atom. The molecule has 1 heterocycles. The minimum absolute atomic E-state index is 0.132. The molecule has 1 heteroatoms. The Labute approximate surface area is 88.6 Å². The van der Waals surface area contributed by atoms with E-state index in [0.717, 1.165) is 5.70 Å². The molecule has 0 amide bonds. The minimum atomic E-state index is 0.132. The van der Waals surface area contributed by atoms with Crippen LogP contribution in [-0.4, -0.2) is 5.54 Å². The molecule has 1 atom stereocenters. The highest BCUT2D eigenvalue weighted by atomic mass is 15.0. The molecular weight excluding hydrogens is 170 g/mol. The summed E-state index contributed by atoms with van der Waals surface area (Å²) in [6.45, 7) is 18.2. The van der Waals surface area contributed by atoms with Crippen LogP contribution in [0.15, 0.2) is 36.6 Å². The maximum atomic E-state index is 3.81. The molecule has 0 aromatic heterocycles. The van der Waals surface area contributed by atoms with Crippen molar-refractivity contribution in [1.82, 2.24) is 5.32 Å². The molecule has 14 heavy (non-hydrogen) atoms. The van der Waals surface area contributed by atoms with E-state index in [-0.39, 0.29) is 5.54 Å². The number of nitrogens with one attached hydrogen (secondary N) is 1. The van der Waals surface area contributed by atoms with E-state index in [0.29, 0.717) is 5.92 Å². The van der Waals surface area contributed by atoms with E-state index in [1.54, 1.807) is 0 Å². The van der Waals surface area contributed by atoms with Crippen molar-refractivity contribution in [3.8, 4) is 0 Å². The fourth-order valence-corrected chi connectivity index (χ4v) is 1.61. The van der Waals surface area contributed by atoms with Crippen LogP contribution in [0.2, 0.25) is 0 Å². The zero-order valence-electron chi connectivity index (χ0n) is 10.1. The third-order valence-corrected chi connectivity index (χ3v) is 2.74. The van der Waals surface area contributed by atoms with Crippen molar-refractivity contribution >= 4 is 0 Å². The monoisotopic (exact) mass is 193 g/mol. The smallest absolute Gasteiger partial charge is 0.0384 e. The van der Waals surface area contributed by atoms with Gasteiger partial charge in [0.25, 0.3) is 0 Å². The second kappa shape index (κ2) is 5.04. The van der Waals surface area contributed by atoms with Crippen LogP contribution in [0.1, 0.15) is 34.6 Å². The molecule has 0 spiro atoms. The Balaban J connectivity index is 0.000000791. The van der Waals surface area contributed by atoms with Gasteiger partial charge in [0.15, 0.2) is 0 Å².